The summed E-state index contributed by atoms with van der Waals surface area (Å²) in [7, 11) is 0. The van der Waals surface area contributed by atoms with Gasteiger partial charge in [0.1, 0.15) is 5.75 Å². The zero-order valence-electron chi connectivity index (χ0n) is 11.6. The van der Waals surface area contributed by atoms with Crippen molar-refractivity contribution < 1.29 is 9.53 Å². The summed E-state index contributed by atoms with van der Waals surface area (Å²) in [5.41, 5.74) is 7.68. The Morgan fingerprint density at radius 3 is 2.81 bits per heavy atom. The van der Waals surface area contributed by atoms with Crippen molar-refractivity contribution in [2.75, 3.05) is 17.7 Å². The van der Waals surface area contributed by atoms with Crippen molar-refractivity contribution in [2.45, 2.75) is 13.3 Å². The van der Waals surface area contributed by atoms with Crippen LogP contribution >= 0.6 is 11.6 Å². The molecule has 0 spiro atoms. The summed E-state index contributed by atoms with van der Waals surface area (Å²) in [6.45, 7) is 2.15. The first kappa shape index (κ1) is 15.1. The lowest BCUT2D eigenvalue weighted by Crippen LogP contribution is -2.15. The number of nitrogens with one attached hydrogen (secondary N) is 1. The number of carbonyl (C=O) groups excluding carboxylic acids is 1. The third-order valence-corrected chi connectivity index (χ3v) is 3.03. The largest absolute Gasteiger partial charge is 0.493 e. The average Bonchev–Trinajstić information content (AvgIpc) is 2.45. The van der Waals surface area contributed by atoms with Crippen LogP contribution < -0.4 is 15.8 Å². The second kappa shape index (κ2) is 6.95. The molecule has 0 radical (unpaired) electrons. The summed E-state index contributed by atoms with van der Waals surface area (Å²) in [4.78, 5) is 15.8. The summed E-state index contributed by atoms with van der Waals surface area (Å²) in [5, 5.41) is 2.98. The van der Waals surface area contributed by atoms with Gasteiger partial charge in [-0.15, -0.1) is 0 Å². The molecule has 0 saturated heterocycles. The van der Waals surface area contributed by atoms with Crippen LogP contribution in [-0.4, -0.2) is 17.5 Å². The predicted octanol–water partition coefficient (Wildman–Crippen LogP) is 3.03. The fourth-order valence-corrected chi connectivity index (χ4v) is 1.83. The van der Waals surface area contributed by atoms with Crippen molar-refractivity contribution in [1.82, 2.24) is 4.98 Å². The highest BCUT2D eigenvalue weighted by atomic mass is 35.5. The number of anilines is 2. The summed E-state index contributed by atoms with van der Waals surface area (Å²) >= 11 is 5.92. The van der Waals surface area contributed by atoms with Crippen molar-refractivity contribution in [3.05, 3.63) is 47.2 Å². The number of halogens is 1. The quantitative estimate of drug-likeness (QED) is 0.657. The normalized spacial score (nSPS) is 10.2. The Labute approximate surface area is 128 Å². The van der Waals surface area contributed by atoms with Crippen LogP contribution in [-0.2, 0) is 4.79 Å². The maximum Gasteiger partial charge on any atom is 0.227 e. The van der Waals surface area contributed by atoms with Crippen molar-refractivity contribution in [3.63, 3.8) is 0 Å². The van der Waals surface area contributed by atoms with Crippen LogP contribution in [0.3, 0.4) is 0 Å². The van der Waals surface area contributed by atoms with E-state index in [4.69, 9.17) is 22.1 Å². The highest BCUT2D eigenvalue weighted by molar-refractivity contribution is 6.32. The standard InChI is InChI=1S/C15H16ClN3O2/c1-10-8-13(15(16)18-9-10)19-14(20)6-7-21-12-4-2-11(17)3-5-12/h2-5,8-9H,6-7,17H2,1H3,(H,19,20). The van der Waals surface area contributed by atoms with Crippen LogP contribution in [0.2, 0.25) is 5.15 Å². The lowest BCUT2D eigenvalue weighted by Gasteiger charge is -2.09. The number of aromatic nitrogens is 1. The molecule has 1 aromatic heterocycles. The molecule has 2 rings (SSSR count). The molecule has 3 N–H and O–H groups in total. The molecule has 0 aliphatic heterocycles. The van der Waals surface area contributed by atoms with Crippen molar-refractivity contribution >= 4 is 28.9 Å². The van der Waals surface area contributed by atoms with E-state index in [0.29, 0.717) is 17.1 Å². The molecule has 0 unspecified atom stereocenters. The molecule has 110 valence electrons. The second-order valence-electron chi connectivity index (χ2n) is 4.57. The van der Waals surface area contributed by atoms with E-state index >= 15 is 0 Å². The number of carbonyl (C=O) groups is 1. The smallest absolute Gasteiger partial charge is 0.227 e. The predicted molar refractivity (Wildman–Crippen MR) is 83.6 cm³/mol. The van der Waals surface area contributed by atoms with Crippen LogP contribution in [0, 0.1) is 6.92 Å². The number of aryl methyl sites for hydroxylation is 1. The van der Waals surface area contributed by atoms with E-state index in [1.54, 1.807) is 36.5 Å². The van der Waals surface area contributed by atoms with E-state index in [1.165, 1.54) is 0 Å². The van der Waals surface area contributed by atoms with Crippen LogP contribution in [0.1, 0.15) is 12.0 Å². The zero-order valence-corrected chi connectivity index (χ0v) is 12.4. The number of amides is 1. The number of hydrogen-bond acceptors (Lipinski definition) is 4. The first-order valence-electron chi connectivity index (χ1n) is 6.45. The van der Waals surface area contributed by atoms with Crippen LogP contribution in [0.5, 0.6) is 5.75 Å². The highest BCUT2D eigenvalue weighted by Crippen LogP contribution is 2.20. The molecule has 0 atom stereocenters. The lowest BCUT2D eigenvalue weighted by molar-refractivity contribution is -0.116. The average molecular weight is 306 g/mol. The molecule has 1 heterocycles. The number of nitrogens with two attached hydrogens (primary N) is 1. The van der Waals surface area contributed by atoms with E-state index in [-0.39, 0.29) is 24.1 Å². The maximum atomic E-state index is 11.8. The molecule has 0 fully saturated rings. The van der Waals surface area contributed by atoms with Gasteiger partial charge in [-0.1, -0.05) is 11.6 Å². The Morgan fingerprint density at radius 2 is 2.10 bits per heavy atom. The molecule has 1 amide bonds. The van der Waals surface area contributed by atoms with Gasteiger partial charge < -0.3 is 15.8 Å². The van der Waals surface area contributed by atoms with Gasteiger partial charge >= 0.3 is 0 Å². The molecular weight excluding hydrogens is 290 g/mol. The van der Waals surface area contributed by atoms with Crippen LogP contribution in [0.15, 0.2) is 36.5 Å². The molecule has 0 aliphatic rings. The van der Waals surface area contributed by atoms with Crippen molar-refractivity contribution in [3.8, 4) is 5.75 Å². The van der Waals surface area contributed by atoms with E-state index in [9.17, 15) is 4.79 Å². The third kappa shape index (κ3) is 4.65. The molecule has 0 aliphatic carbocycles. The minimum absolute atomic E-state index is 0.181. The third-order valence-electron chi connectivity index (χ3n) is 2.73. The molecule has 6 heteroatoms. The van der Waals surface area contributed by atoms with Gasteiger partial charge in [-0.25, -0.2) is 4.98 Å². The van der Waals surface area contributed by atoms with Gasteiger partial charge in [0.25, 0.3) is 0 Å². The topological polar surface area (TPSA) is 77.2 Å². The minimum Gasteiger partial charge on any atom is -0.493 e. The number of pyridine rings is 1. The number of nitrogen functional groups attached to an aromatic ring is 1. The Kier molecular flexibility index (Phi) is 5.00. The monoisotopic (exact) mass is 305 g/mol. The summed E-state index contributed by atoms with van der Waals surface area (Å²) < 4.78 is 5.46. The van der Waals surface area contributed by atoms with Gasteiger partial charge in [-0.3, -0.25) is 4.79 Å². The number of rotatable bonds is 5. The SMILES string of the molecule is Cc1cnc(Cl)c(NC(=O)CCOc2ccc(N)cc2)c1. The van der Waals surface area contributed by atoms with Gasteiger partial charge in [0, 0.05) is 11.9 Å². The number of ether oxygens (including phenoxy) is 1. The fourth-order valence-electron chi connectivity index (χ4n) is 1.68. The van der Waals surface area contributed by atoms with Crippen LogP contribution in [0.4, 0.5) is 11.4 Å². The van der Waals surface area contributed by atoms with Gasteiger partial charge in [0.2, 0.25) is 5.91 Å². The Morgan fingerprint density at radius 1 is 1.38 bits per heavy atom. The van der Waals surface area contributed by atoms with E-state index < -0.39 is 0 Å². The summed E-state index contributed by atoms with van der Waals surface area (Å²) in [6.07, 6.45) is 1.86. The van der Waals surface area contributed by atoms with Crippen molar-refractivity contribution in [1.29, 1.82) is 0 Å². The minimum atomic E-state index is -0.181. The van der Waals surface area contributed by atoms with E-state index in [2.05, 4.69) is 10.3 Å². The first-order valence-corrected chi connectivity index (χ1v) is 6.83. The van der Waals surface area contributed by atoms with Gasteiger partial charge in [0.05, 0.1) is 18.7 Å². The van der Waals surface area contributed by atoms with Crippen LogP contribution in [0.25, 0.3) is 0 Å². The number of hydrogen-bond donors (Lipinski definition) is 2. The Bertz CT molecular complexity index is 629. The fraction of sp³-hybridized carbons (Fsp3) is 0.200. The molecule has 1 aromatic carbocycles. The first-order chi connectivity index (χ1) is 10.0. The molecule has 0 bridgehead atoms. The van der Waals surface area contributed by atoms with E-state index in [0.717, 1.165) is 5.56 Å². The molecular formula is C15H16ClN3O2. The van der Waals surface area contributed by atoms with Gasteiger partial charge in [0.15, 0.2) is 5.15 Å². The molecule has 2 aromatic rings. The second-order valence-corrected chi connectivity index (χ2v) is 4.92. The Hall–Kier alpha value is -2.27. The maximum absolute atomic E-state index is 11.8. The highest BCUT2D eigenvalue weighted by Gasteiger charge is 2.07. The summed E-state index contributed by atoms with van der Waals surface area (Å²) in [5.74, 6) is 0.493. The summed E-state index contributed by atoms with van der Waals surface area (Å²) in [6, 6.07) is 8.78. The van der Waals surface area contributed by atoms with Gasteiger partial charge in [-0.05, 0) is 42.8 Å². The zero-order chi connectivity index (χ0) is 15.2. The van der Waals surface area contributed by atoms with Gasteiger partial charge in [-0.2, -0.15) is 0 Å². The lowest BCUT2D eigenvalue weighted by atomic mass is 10.3. The van der Waals surface area contributed by atoms with E-state index in [1.807, 2.05) is 6.92 Å². The molecule has 5 nitrogen and oxygen atoms in total. The number of benzene rings is 1. The van der Waals surface area contributed by atoms with Crippen molar-refractivity contribution in [2.24, 2.45) is 0 Å². The Balaban J connectivity index is 1.82. The molecule has 0 saturated carbocycles. The molecule has 21 heavy (non-hydrogen) atoms. The number of nitrogens with zero attached hydrogens (tertiary/aromatic N) is 1.